The number of halogens is 1. The van der Waals surface area contributed by atoms with Gasteiger partial charge in [-0.2, -0.15) is 0 Å². The first-order chi connectivity index (χ1) is 7.83. The third-order valence-corrected chi connectivity index (χ3v) is 3.58. The SMILES string of the molecule is Ic1ccc(-c2ccc(N3CC3)cc2)cc1. The topological polar surface area (TPSA) is 3.01 Å². The van der Waals surface area contributed by atoms with Gasteiger partial charge in [0.2, 0.25) is 0 Å². The lowest BCUT2D eigenvalue weighted by Crippen LogP contribution is -1.89. The summed E-state index contributed by atoms with van der Waals surface area (Å²) in [6.45, 7) is 2.42. The molecule has 0 saturated carbocycles. The van der Waals surface area contributed by atoms with Crippen molar-refractivity contribution in [3.63, 3.8) is 0 Å². The minimum Gasteiger partial charge on any atom is -0.368 e. The molecule has 1 saturated heterocycles. The Kier molecular flexibility index (Phi) is 2.59. The van der Waals surface area contributed by atoms with Gasteiger partial charge in [-0.1, -0.05) is 24.3 Å². The lowest BCUT2D eigenvalue weighted by atomic mass is 10.1. The summed E-state index contributed by atoms with van der Waals surface area (Å²) in [5, 5.41) is 0. The first kappa shape index (κ1) is 10.1. The van der Waals surface area contributed by atoms with Crippen LogP contribution in [0, 0.1) is 3.57 Å². The van der Waals surface area contributed by atoms with E-state index in [-0.39, 0.29) is 0 Å². The van der Waals surface area contributed by atoms with E-state index in [1.807, 2.05) is 0 Å². The fourth-order valence-corrected chi connectivity index (χ4v) is 2.17. The third-order valence-electron chi connectivity index (χ3n) is 2.86. The second-order valence-electron chi connectivity index (χ2n) is 4.04. The van der Waals surface area contributed by atoms with Gasteiger partial charge in [-0.05, 0) is 58.0 Å². The van der Waals surface area contributed by atoms with E-state index < -0.39 is 0 Å². The van der Waals surface area contributed by atoms with Crippen LogP contribution in [-0.2, 0) is 0 Å². The van der Waals surface area contributed by atoms with Gasteiger partial charge in [0, 0.05) is 22.3 Å². The molecule has 0 bridgehead atoms. The summed E-state index contributed by atoms with van der Waals surface area (Å²) in [7, 11) is 0. The highest BCUT2D eigenvalue weighted by Gasteiger charge is 2.17. The summed E-state index contributed by atoms with van der Waals surface area (Å²) >= 11 is 2.33. The lowest BCUT2D eigenvalue weighted by molar-refractivity contribution is 1.39. The maximum atomic E-state index is 2.36. The van der Waals surface area contributed by atoms with E-state index in [9.17, 15) is 0 Å². The molecule has 3 rings (SSSR count). The van der Waals surface area contributed by atoms with Crippen LogP contribution in [0.5, 0.6) is 0 Å². The zero-order valence-electron chi connectivity index (χ0n) is 8.86. The fourth-order valence-electron chi connectivity index (χ4n) is 1.82. The molecule has 80 valence electrons. The molecule has 1 heterocycles. The van der Waals surface area contributed by atoms with Crippen LogP contribution in [0.2, 0.25) is 0 Å². The molecule has 2 aromatic carbocycles. The van der Waals surface area contributed by atoms with Crippen molar-refractivity contribution in [2.45, 2.75) is 0 Å². The molecule has 16 heavy (non-hydrogen) atoms. The summed E-state index contributed by atoms with van der Waals surface area (Å²) in [5.74, 6) is 0. The Hall–Kier alpha value is -1.03. The van der Waals surface area contributed by atoms with E-state index in [2.05, 4.69) is 76.0 Å². The minimum atomic E-state index is 1.21. The van der Waals surface area contributed by atoms with Crippen molar-refractivity contribution in [2.24, 2.45) is 0 Å². The summed E-state index contributed by atoms with van der Waals surface area (Å²) in [6.07, 6.45) is 0. The molecular formula is C14H12IN. The molecule has 2 heteroatoms. The van der Waals surface area contributed by atoms with Gasteiger partial charge in [0.15, 0.2) is 0 Å². The van der Waals surface area contributed by atoms with E-state index in [1.165, 1.54) is 33.5 Å². The summed E-state index contributed by atoms with van der Waals surface area (Å²) < 4.78 is 1.28. The molecule has 1 fully saturated rings. The highest BCUT2D eigenvalue weighted by atomic mass is 127. The average Bonchev–Trinajstić information content (AvgIpc) is 3.14. The molecule has 0 aromatic heterocycles. The Morgan fingerprint density at radius 2 is 1.25 bits per heavy atom. The Labute approximate surface area is 109 Å². The molecule has 1 aliphatic rings. The highest BCUT2D eigenvalue weighted by molar-refractivity contribution is 14.1. The Morgan fingerprint density at radius 1 is 0.750 bits per heavy atom. The van der Waals surface area contributed by atoms with Crippen LogP contribution in [0.15, 0.2) is 48.5 Å². The summed E-state index contributed by atoms with van der Waals surface area (Å²) in [5.41, 5.74) is 3.93. The highest BCUT2D eigenvalue weighted by Crippen LogP contribution is 2.26. The van der Waals surface area contributed by atoms with Crippen LogP contribution >= 0.6 is 22.6 Å². The second-order valence-corrected chi connectivity index (χ2v) is 5.29. The van der Waals surface area contributed by atoms with Crippen LogP contribution in [0.1, 0.15) is 0 Å². The molecule has 1 aliphatic heterocycles. The second kappa shape index (κ2) is 4.09. The zero-order valence-corrected chi connectivity index (χ0v) is 11.0. The van der Waals surface area contributed by atoms with Crippen molar-refractivity contribution >= 4 is 28.3 Å². The predicted octanol–water partition coefficient (Wildman–Crippen LogP) is 3.78. The third kappa shape index (κ3) is 2.07. The smallest absolute Gasteiger partial charge is 0.0367 e. The van der Waals surface area contributed by atoms with Gasteiger partial charge >= 0.3 is 0 Å². The van der Waals surface area contributed by atoms with Crippen molar-refractivity contribution in [1.29, 1.82) is 0 Å². The standard InChI is InChI=1S/C14H12IN/c15-13-5-1-11(2-6-13)12-3-7-14(8-4-12)16-9-10-16/h1-8H,9-10H2. The molecule has 0 aliphatic carbocycles. The Morgan fingerprint density at radius 3 is 1.75 bits per heavy atom. The van der Waals surface area contributed by atoms with Crippen LogP contribution in [0.25, 0.3) is 11.1 Å². The number of rotatable bonds is 2. The van der Waals surface area contributed by atoms with Crippen molar-refractivity contribution in [2.75, 3.05) is 18.0 Å². The zero-order chi connectivity index (χ0) is 11.0. The first-order valence-electron chi connectivity index (χ1n) is 5.44. The maximum absolute atomic E-state index is 2.36. The van der Waals surface area contributed by atoms with E-state index in [1.54, 1.807) is 0 Å². The molecular weight excluding hydrogens is 309 g/mol. The normalized spacial score (nSPS) is 13.9. The van der Waals surface area contributed by atoms with Gasteiger partial charge in [-0.25, -0.2) is 0 Å². The van der Waals surface area contributed by atoms with Crippen LogP contribution < -0.4 is 4.90 Å². The predicted molar refractivity (Wildman–Crippen MR) is 76.8 cm³/mol. The van der Waals surface area contributed by atoms with Crippen molar-refractivity contribution in [3.8, 4) is 11.1 Å². The quantitative estimate of drug-likeness (QED) is 0.601. The number of benzene rings is 2. The van der Waals surface area contributed by atoms with E-state index in [0.717, 1.165) is 0 Å². The minimum absolute atomic E-state index is 1.21. The fraction of sp³-hybridized carbons (Fsp3) is 0.143. The number of anilines is 1. The van der Waals surface area contributed by atoms with Gasteiger partial charge in [0.1, 0.15) is 0 Å². The number of nitrogens with zero attached hydrogens (tertiary/aromatic N) is 1. The molecule has 0 spiro atoms. The number of hydrogen-bond donors (Lipinski definition) is 0. The maximum Gasteiger partial charge on any atom is 0.0367 e. The van der Waals surface area contributed by atoms with Crippen molar-refractivity contribution in [3.05, 3.63) is 52.1 Å². The molecule has 0 amide bonds. The summed E-state index contributed by atoms with van der Waals surface area (Å²) in [4.78, 5) is 2.36. The first-order valence-corrected chi connectivity index (χ1v) is 6.52. The van der Waals surface area contributed by atoms with Crippen molar-refractivity contribution < 1.29 is 0 Å². The van der Waals surface area contributed by atoms with Crippen LogP contribution in [0.4, 0.5) is 5.69 Å². The van der Waals surface area contributed by atoms with Gasteiger partial charge in [0.25, 0.3) is 0 Å². The lowest BCUT2D eigenvalue weighted by Gasteiger charge is -2.05. The van der Waals surface area contributed by atoms with Gasteiger partial charge < -0.3 is 4.90 Å². The number of hydrogen-bond acceptors (Lipinski definition) is 1. The molecule has 2 aromatic rings. The van der Waals surface area contributed by atoms with Crippen LogP contribution in [-0.4, -0.2) is 13.1 Å². The Bertz CT molecular complexity index is 483. The molecule has 0 atom stereocenters. The van der Waals surface area contributed by atoms with Crippen LogP contribution in [0.3, 0.4) is 0 Å². The monoisotopic (exact) mass is 321 g/mol. The molecule has 0 radical (unpaired) electrons. The summed E-state index contributed by atoms with van der Waals surface area (Å²) in [6, 6.07) is 17.5. The van der Waals surface area contributed by atoms with E-state index in [0.29, 0.717) is 0 Å². The molecule has 0 unspecified atom stereocenters. The Balaban J connectivity index is 1.91. The van der Waals surface area contributed by atoms with Crippen molar-refractivity contribution in [1.82, 2.24) is 0 Å². The largest absolute Gasteiger partial charge is 0.368 e. The average molecular weight is 321 g/mol. The van der Waals surface area contributed by atoms with Gasteiger partial charge in [-0.15, -0.1) is 0 Å². The molecule has 1 nitrogen and oxygen atoms in total. The molecule has 0 N–H and O–H groups in total. The van der Waals surface area contributed by atoms with E-state index in [4.69, 9.17) is 0 Å². The van der Waals surface area contributed by atoms with E-state index >= 15 is 0 Å². The van der Waals surface area contributed by atoms with Gasteiger partial charge in [0.05, 0.1) is 0 Å². The van der Waals surface area contributed by atoms with Gasteiger partial charge in [-0.3, -0.25) is 0 Å².